The van der Waals surface area contributed by atoms with Gasteiger partial charge in [0.1, 0.15) is 0 Å². The molecule has 5 heteroatoms. The highest BCUT2D eigenvalue weighted by molar-refractivity contribution is 7.17. The van der Waals surface area contributed by atoms with Gasteiger partial charge >= 0.3 is 0 Å². The van der Waals surface area contributed by atoms with Gasteiger partial charge in [-0.15, -0.1) is 11.3 Å². The van der Waals surface area contributed by atoms with E-state index < -0.39 is 6.04 Å². The first-order valence-electron chi connectivity index (χ1n) is 9.44. The molecule has 29 heavy (non-hydrogen) atoms. The Morgan fingerprint density at radius 1 is 0.897 bits per heavy atom. The third-order valence-corrected chi connectivity index (χ3v) is 5.73. The van der Waals surface area contributed by atoms with Crippen LogP contribution in [-0.4, -0.2) is 22.7 Å². The molecule has 1 heterocycles. The largest absolute Gasteiger partial charge is 0.342 e. The van der Waals surface area contributed by atoms with Gasteiger partial charge in [0, 0.05) is 12.0 Å². The minimum absolute atomic E-state index is 0.0148. The van der Waals surface area contributed by atoms with Crippen LogP contribution in [0.1, 0.15) is 21.5 Å². The monoisotopic (exact) mass is 400 g/mol. The summed E-state index contributed by atoms with van der Waals surface area (Å²) in [4.78, 5) is 30.2. The zero-order valence-electron chi connectivity index (χ0n) is 15.7. The lowest BCUT2D eigenvalue weighted by molar-refractivity contribution is -0.120. The molecule has 144 valence electrons. The minimum atomic E-state index is -0.603. The number of carbonyl (C=O) groups excluding carboxylic acids is 2. The van der Waals surface area contributed by atoms with Gasteiger partial charge in [-0.1, -0.05) is 60.7 Å². The van der Waals surface area contributed by atoms with Gasteiger partial charge in [0.15, 0.2) is 5.78 Å². The summed E-state index contributed by atoms with van der Waals surface area (Å²) in [6.07, 6.45) is 0.711. The van der Waals surface area contributed by atoms with Crippen molar-refractivity contribution < 1.29 is 9.59 Å². The van der Waals surface area contributed by atoms with Crippen molar-refractivity contribution in [2.24, 2.45) is 0 Å². The molecule has 0 aliphatic heterocycles. The van der Waals surface area contributed by atoms with E-state index in [1.807, 2.05) is 66.7 Å². The number of nitrogens with one attached hydrogen (secondary N) is 1. The van der Waals surface area contributed by atoms with E-state index in [4.69, 9.17) is 0 Å². The number of aromatic nitrogens is 1. The van der Waals surface area contributed by atoms with Gasteiger partial charge in [-0.3, -0.25) is 9.59 Å². The molecule has 0 fully saturated rings. The molecule has 0 bridgehead atoms. The van der Waals surface area contributed by atoms with E-state index >= 15 is 0 Å². The van der Waals surface area contributed by atoms with Gasteiger partial charge in [0.05, 0.1) is 21.8 Å². The van der Waals surface area contributed by atoms with Crippen LogP contribution in [0, 0.1) is 0 Å². The Bertz CT molecular complexity index is 1120. The van der Waals surface area contributed by atoms with E-state index in [0.717, 1.165) is 21.3 Å². The molecule has 1 N–H and O–H groups in total. The summed E-state index contributed by atoms with van der Waals surface area (Å²) in [5.74, 6) is -0.255. The normalized spacial score (nSPS) is 11.9. The second kappa shape index (κ2) is 8.80. The van der Waals surface area contributed by atoms with Crippen LogP contribution in [0.5, 0.6) is 0 Å². The number of hydrogen-bond acceptors (Lipinski definition) is 4. The Kier molecular flexibility index (Phi) is 5.77. The van der Waals surface area contributed by atoms with Crippen LogP contribution in [0.25, 0.3) is 10.2 Å². The molecule has 0 aliphatic rings. The van der Waals surface area contributed by atoms with Crippen LogP contribution >= 0.6 is 11.3 Å². The number of Topliss-reactive ketones (excluding diaryl/α,β-unsaturated/α-hetero) is 1. The Morgan fingerprint density at radius 2 is 1.62 bits per heavy atom. The summed E-state index contributed by atoms with van der Waals surface area (Å²) in [5.41, 5.74) is 5.19. The maximum Gasteiger partial charge on any atom is 0.251 e. The number of carbonyl (C=O) groups is 2. The fraction of sp³-hybridized carbons (Fsp3) is 0.125. The first-order chi connectivity index (χ1) is 14.2. The fourth-order valence-corrected chi connectivity index (χ4v) is 4.13. The quantitative estimate of drug-likeness (QED) is 0.499. The molecule has 1 atom stereocenters. The number of rotatable bonds is 7. The van der Waals surface area contributed by atoms with Crippen molar-refractivity contribution in [2.45, 2.75) is 18.9 Å². The Morgan fingerprint density at radius 3 is 2.38 bits per heavy atom. The smallest absolute Gasteiger partial charge is 0.251 e. The zero-order chi connectivity index (χ0) is 20.1. The van der Waals surface area contributed by atoms with Crippen molar-refractivity contribution in [3.8, 4) is 0 Å². The summed E-state index contributed by atoms with van der Waals surface area (Å²) in [7, 11) is 0. The highest BCUT2D eigenvalue weighted by Gasteiger charge is 2.23. The summed E-state index contributed by atoms with van der Waals surface area (Å²) in [5, 5.41) is 2.94. The lowest BCUT2D eigenvalue weighted by Crippen LogP contribution is -2.43. The minimum Gasteiger partial charge on any atom is -0.342 e. The van der Waals surface area contributed by atoms with Crippen LogP contribution in [0.15, 0.2) is 84.4 Å². The van der Waals surface area contributed by atoms with E-state index in [1.54, 1.807) is 17.6 Å². The van der Waals surface area contributed by atoms with E-state index in [2.05, 4.69) is 10.3 Å². The SMILES string of the molecule is O=C(NC(Cc1ccccc1)C(=O)Cc1cccc2ncsc12)c1ccccc1. The average molecular weight is 401 g/mol. The van der Waals surface area contributed by atoms with Gasteiger partial charge in [-0.05, 0) is 35.7 Å². The number of ketones is 1. The molecule has 4 rings (SSSR count). The average Bonchev–Trinajstić information content (AvgIpc) is 3.24. The lowest BCUT2D eigenvalue weighted by Gasteiger charge is -2.18. The molecule has 1 aromatic heterocycles. The molecule has 0 radical (unpaired) electrons. The molecule has 1 amide bonds. The predicted octanol–water partition coefficient (Wildman–Crippen LogP) is 4.45. The van der Waals surface area contributed by atoms with Crippen molar-refractivity contribution in [1.82, 2.24) is 10.3 Å². The standard InChI is InChI=1S/C24H20N2O2S/c27-22(15-19-12-7-13-20-23(19)29-16-25-20)21(14-17-8-3-1-4-9-17)26-24(28)18-10-5-2-6-11-18/h1-13,16,21H,14-15H2,(H,26,28). The van der Waals surface area contributed by atoms with Crippen molar-refractivity contribution in [1.29, 1.82) is 0 Å². The van der Waals surface area contributed by atoms with Crippen molar-refractivity contribution in [3.05, 3.63) is 101 Å². The summed E-state index contributed by atoms with van der Waals surface area (Å²) < 4.78 is 1.02. The molecule has 0 aliphatic carbocycles. The lowest BCUT2D eigenvalue weighted by atomic mass is 9.97. The highest BCUT2D eigenvalue weighted by atomic mass is 32.1. The number of fused-ring (bicyclic) bond motifs is 1. The summed E-state index contributed by atoms with van der Waals surface area (Å²) in [6.45, 7) is 0. The third-order valence-electron chi connectivity index (χ3n) is 4.82. The highest BCUT2D eigenvalue weighted by Crippen LogP contribution is 2.23. The molecular weight excluding hydrogens is 380 g/mol. The molecule has 0 saturated heterocycles. The van der Waals surface area contributed by atoms with Gasteiger partial charge in [0.2, 0.25) is 0 Å². The summed E-state index contributed by atoms with van der Waals surface area (Å²) >= 11 is 1.53. The summed E-state index contributed by atoms with van der Waals surface area (Å²) in [6, 6.07) is 23.9. The number of thiazole rings is 1. The first-order valence-corrected chi connectivity index (χ1v) is 10.3. The molecule has 1 unspecified atom stereocenters. The Balaban J connectivity index is 1.57. The van der Waals surface area contributed by atoms with Crippen molar-refractivity contribution in [3.63, 3.8) is 0 Å². The Hall–Kier alpha value is -3.31. The third kappa shape index (κ3) is 4.58. The number of hydrogen-bond donors (Lipinski definition) is 1. The van der Waals surface area contributed by atoms with Crippen molar-refractivity contribution >= 4 is 33.2 Å². The van der Waals surface area contributed by atoms with Crippen LogP contribution < -0.4 is 5.32 Å². The molecule has 4 aromatic rings. The van der Waals surface area contributed by atoms with E-state index in [0.29, 0.717) is 12.0 Å². The topological polar surface area (TPSA) is 59.1 Å². The first kappa shape index (κ1) is 19.0. The maximum absolute atomic E-state index is 13.2. The molecular formula is C24H20N2O2S. The molecule has 0 saturated carbocycles. The van der Waals surface area contributed by atoms with E-state index in [1.165, 1.54) is 11.3 Å². The number of benzene rings is 3. The fourth-order valence-electron chi connectivity index (χ4n) is 3.32. The van der Waals surface area contributed by atoms with Gasteiger partial charge in [0.25, 0.3) is 5.91 Å². The van der Waals surface area contributed by atoms with Crippen molar-refractivity contribution in [2.75, 3.05) is 0 Å². The Labute approximate surface area is 173 Å². The molecule has 4 nitrogen and oxygen atoms in total. The van der Waals surface area contributed by atoms with Gasteiger partial charge in [-0.25, -0.2) is 4.98 Å². The van der Waals surface area contributed by atoms with Crippen LogP contribution in [0.3, 0.4) is 0 Å². The maximum atomic E-state index is 13.2. The van der Waals surface area contributed by atoms with E-state index in [-0.39, 0.29) is 18.1 Å². The van der Waals surface area contributed by atoms with E-state index in [9.17, 15) is 9.59 Å². The molecule has 3 aromatic carbocycles. The second-order valence-electron chi connectivity index (χ2n) is 6.84. The second-order valence-corrected chi connectivity index (χ2v) is 7.70. The van der Waals surface area contributed by atoms with Gasteiger partial charge < -0.3 is 5.32 Å². The number of nitrogens with zero attached hydrogens (tertiary/aromatic N) is 1. The van der Waals surface area contributed by atoms with Crippen LogP contribution in [0.4, 0.5) is 0 Å². The van der Waals surface area contributed by atoms with Crippen LogP contribution in [-0.2, 0) is 17.6 Å². The van der Waals surface area contributed by atoms with Crippen LogP contribution in [0.2, 0.25) is 0 Å². The predicted molar refractivity (Wildman–Crippen MR) is 116 cm³/mol. The zero-order valence-corrected chi connectivity index (χ0v) is 16.6. The molecule has 0 spiro atoms. The van der Waals surface area contributed by atoms with Gasteiger partial charge in [-0.2, -0.15) is 0 Å². The number of amides is 1.